The Hall–Kier alpha value is -5.21. The summed E-state index contributed by atoms with van der Waals surface area (Å²) < 4.78 is 2.05. The number of halogens is 1. The van der Waals surface area contributed by atoms with E-state index in [0.717, 1.165) is 69.6 Å². The molecule has 1 aliphatic carbocycles. The van der Waals surface area contributed by atoms with Crippen molar-refractivity contribution in [3.63, 3.8) is 0 Å². The fraction of sp³-hybridized carbons (Fsp3) is 0.306. The Bertz CT molecular complexity index is 2310. The number of aliphatic hydroxyl groups is 1. The molecule has 0 radical (unpaired) electrons. The first kappa shape index (κ1) is 40.0. The van der Waals surface area contributed by atoms with Gasteiger partial charge in [-0.15, -0.1) is 5.11 Å². The van der Waals surface area contributed by atoms with Crippen LogP contribution in [0.15, 0.2) is 126 Å². The van der Waals surface area contributed by atoms with Crippen molar-refractivity contribution in [2.45, 2.75) is 95.7 Å². The molecule has 292 valence electrons. The van der Waals surface area contributed by atoms with Crippen LogP contribution in [0, 0.1) is 10.9 Å². The van der Waals surface area contributed by atoms with Gasteiger partial charge in [0.1, 0.15) is 5.82 Å². The van der Waals surface area contributed by atoms with Crippen molar-refractivity contribution in [1.82, 2.24) is 9.55 Å². The zero-order chi connectivity index (χ0) is 39.8. The molecule has 0 saturated heterocycles. The highest BCUT2D eigenvalue weighted by molar-refractivity contribution is 6.30. The number of hydrogen-bond acceptors (Lipinski definition) is 5. The second-order valence-electron chi connectivity index (χ2n) is 15.4. The van der Waals surface area contributed by atoms with Crippen molar-refractivity contribution in [1.29, 1.82) is 10.9 Å². The van der Waals surface area contributed by atoms with E-state index >= 15 is 0 Å². The van der Waals surface area contributed by atoms with Crippen LogP contribution >= 0.6 is 11.6 Å². The minimum Gasteiger partial charge on any atom is -0.390 e. The topological polar surface area (TPSA) is 124 Å². The molecular formula is C49H53ClN6O. The average molecular weight is 777 g/mol. The average Bonchev–Trinajstić information content (AvgIpc) is 3.55. The maximum atomic E-state index is 10.5. The highest BCUT2D eigenvalue weighted by atomic mass is 35.5. The van der Waals surface area contributed by atoms with Crippen LogP contribution < -0.4 is 5.73 Å². The smallest absolute Gasteiger partial charge is 0.174 e. The lowest BCUT2D eigenvalue weighted by Gasteiger charge is -2.32. The first-order valence-electron chi connectivity index (χ1n) is 20.4. The molecular weight excluding hydrogens is 724 g/mol. The van der Waals surface area contributed by atoms with Gasteiger partial charge in [0.25, 0.3) is 0 Å². The second-order valence-corrected chi connectivity index (χ2v) is 15.8. The summed E-state index contributed by atoms with van der Waals surface area (Å²) in [5, 5.41) is 22.7. The van der Waals surface area contributed by atoms with Gasteiger partial charge >= 0.3 is 0 Å². The van der Waals surface area contributed by atoms with Crippen LogP contribution in [0.5, 0.6) is 0 Å². The fourth-order valence-corrected chi connectivity index (χ4v) is 8.89. The Morgan fingerprint density at radius 1 is 0.807 bits per heavy atom. The van der Waals surface area contributed by atoms with Crippen LogP contribution in [0.25, 0.3) is 22.3 Å². The number of nitrogens with zero attached hydrogens (tertiary/aromatic N) is 3. The van der Waals surface area contributed by atoms with Gasteiger partial charge in [0.15, 0.2) is 11.0 Å². The third-order valence-corrected chi connectivity index (χ3v) is 12.2. The van der Waals surface area contributed by atoms with E-state index < -0.39 is 5.54 Å². The number of hydrogen-bond donors (Lipinski definition) is 4. The quantitative estimate of drug-likeness (QED) is 0.0404. The molecule has 1 saturated carbocycles. The summed E-state index contributed by atoms with van der Waals surface area (Å²) in [6.45, 7) is 2.37. The number of nitrogens with two attached hydrogens (primary N) is 1. The monoisotopic (exact) mass is 776 g/mol. The number of unbranched alkanes of at least 4 members (excludes halogenated alkanes) is 1. The molecule has 7 nitrogen and oxygen atoms in total. The van der Waals surface area contributed by atoms with Crippen LogP contribution in [0.4, 0.5) is 0 Å². The van der Waals surface area contributed by atoms with Gasteiger partial charge in [0.2, 0.25) is 0 Å². The number of aryl methyl sites for hydroxylation is 1. The number of nitrogens with one attached hydrogen (secondary N) is 2. The zero-order valence-corrected chi connectivity index (χ0v) is 33.6. The molecule has 6 aromatic rings. The van der Waals surface area contributed by atoms with E-state index in [-0.39, 0.29) is 12.4 Å². The van der Waals surface area contributed by atoms with Gasteiger partial charge in [0, 0.05) is 18.5 Å². The zero-order valence-electron chi connectivity index (χ0n) is 32.9. The largest absolute Gasteiger partial charge is 0.390 e. The van der Waals surface area contributed by atoms with Gasteiger partial charge in [-0.05, 0) is 87.4 Å². The molecule has 1 unspecified atom stereocenters. The Kier molecular flexibility index (Phi) is 12.9. The fourth-order valence-electron chi connectivity index (χ4n) is 8.63. The number of aliphatic hydroxyl groups excluding tert-OH is 1. The molecule has 5 N–H and O–H groups in total. The molecule has 1 aliphatic rings. The molecule has 0 spiro atoms. The van der Waals surface area contributed by atoms with Crippen LogP contribution in [0.3, 0.4) is 0 Å². The molecule has 0 amide bonds. The van der Waals surface area contributed by atoms with Crippen molar-refractivity contribution in [3.8, 4) is 22.3 Å². The summed E-state index contributed by atoms with van der Waals surface area (Å²) in [5.74, 6) is 1.33. The van der Waals surface area contributed by atoms with Gasteiger partial charge in [-0.3, -0.25) is 5.41 Å². The van der Waals surface area contributed by atoms with Gasteiger partial charge < -0.3 is 15.4 Å². The van der Waals surface area contributed by atoms with Crippen molar-refractivity contribution in [2.75, 3.05) is 0 Å². The number of aromatic nitrogens is 2. The maximum absolute atomic E-state index is 10.5. The van der Waals surface area contributed by atoms with E-state index in [0.29, 0.717) is 28.9 Å². The summed E-state index contributed by atoms with van der Waals surface area (Å²) in [6.07, 6.45) is 11.8. The third-order valence-electron chi connectivity index (χ3n) is 11.9. The summed E-state index contributed by atoms with van der Waals surface area (Å²) in [5.41, 5.74) is 24.6. The van der Waals surface area contributed by atoms with Gasteiger partial charge in [-0.1, -0.05) is 166 Å². The van der Waals surface area contributed by atoms with Gasteiger partial charge in [0.05, 0.1) is 17.8 Å². The first-order chi connectivity index (χ1) is 27.8. The Balaban J connectivity index is 1.37. The highest BCUT2D eigenvalue weighted by Gasteiger charge is 2.33. The van der Waals surface area contributed by atoms with Crippen LogP contribution in [-0.2, 0) is 25.1 Å². The second kappa shape index (κ2) is 18.4. The molecule has 5 aromatic carbocycles. The minimum atomic E-state index is -0.943. The predicted octanol–water partition coefficient (Wildman–Crippen LogP) is 12.2. The Morgan fingerprint density at radius 2 is 1.47 bits per heavy atom. The standard InChI is InChI=1S/C49H53ClN6O/c1-2-3-23-46-54-47(50)45(33-57)56(46)32-38-25-24-37(42-21-12-13-22-43(42)48(51)55-53)31-44(38)36-17-14-20-41(30-36)49(52,39-18-10-7-11-19-39)40-28-26-35(27-29-40)34-15-8-5-4-6-9-16-34/h7,10-14,17-22,24-31,34,51,53,57H,2-6,8-9,15-16,23,32-33,52H2,1H3. The summed E-state index contributed by atoms with van der Waals surface area (Å²) in [6, 6.07) is 41.9. The molecule has 1 heterocycles. The lowest BCUT2D eigenvalue weighted by atomic mass is 9.76. The normalized spacial score (nSPS) is 14.7. The molecule has 8 heteroatoms. The minimum absolute atomic E-state index is 0.101. The Labute approximate surface area is 342 Å². The first-order valence-corrected chi connectivity index (χ1v) is 20.8. The number of rotatable bonds is 13. The van der Waals surface area contributed by atoms with E-state index in [1.54, 1.807) is 0 Å². The lowest BCUT2D eigenvalue weighted by molar-refractivity contribution is 0.271. The van der Waals surface area contributed by atoms with Crippen LogP contribution in [0.2, 0.25) is 5.15 Å². The molecule has 1 atom stereocenters. The van der Waals surface area contributed by atoms with Gasteiger partial charge in [-0.2, -0.15) is 0 Å². The number of amidine groups is 1. The summed E-state index contributed by atoms with van der Waals surface area (Å²) >= 11 is 6.62. The van der Waals surface area contributed by atoms with E-state index in [2.05, 4.69) is 113 Å². The van der Waals surface area contributed by atoms with E-state index in [1.165, 1.54) is 50.5 Å². The van der Waals surface area contributed by atoms with Gasteiger partial charge in [-0.25, -0.2) is 10.5 Å². The van der Waals surface area contributed by atoms with E-state index in [4.69, 9.17) is 28.3 Å². The molecule has 57 heavy (non-hydrogen) atoms. The highest BCUT2D eigenvalue weighted by Crippen LogP contribution is 2.40. The van der Waals surface area contributed by atoms with Crippen LogP contribution in [0.1, 0.15) is 116 Å². The predicted molar refractivity (Wildman–Crippen MR) is 232 cm³/mol. The SMILES string of the molecule is CCCCc1nc(Cl)c(CO)n1Cc1ccc(-c2ccccc2C(=N)N=N)cc1-c1cccc(C(N)(c2ccccc2)c2ccc(C3CCCCCCC3)cc2)c1. The molecule has 0 aliphatic heterocycles. The van der Waals surface area contributed by atoms with E-state index in [9.17, 15) is 5.11 Å². The van der Waals surface area contributed by atoms with E-state index in [1.807, 2.05) is 30.3 Å². The van der Waals surface area contributed by atoms with Crippen LogP contribution in [-0.4, -0.2) is 20.5 Å². The van der Waals surface area contributed by atoms with Crippen molar-refractivity contribution < 1.29 is 5.11 Å². The summed E-state index contributed by atoms with van der Waals surface area (Å²) in [4.78, 5) is 4.68. The molecule has 1 aromatic heterocycles. The maximum Gasteiger partial charge on any atom is 0.174 e. The van der Waals surface area contributed by atoms with Crippen molar-refractivity contribution in [2.24, 2.45) is 10.8 Å². The molecule has 7 rings (SSSR count). The van der Waals surface area contributed by atoms with Crippen molar-refractivity contribution >= 4 is 17.4 Å². The molecule has 1 fully saturated rings. The number of benzene rings is 5. The molecule has 0 bridgehead atoms. The Morgan fingerprint density at radius 3 is 2.19 bits per heavy atom. The third kappa shape index (κ3) is 8.57. The summed E-state index contributed by atoms with van der Waals surface area (Å²) in [7, 11) is 0. The lowest BCUT2D eigenvalue weighted by Crippen LogP contribution is -2.39. The number of imidazole rings is 1. The van der Waals surface area contributed by atoms with Crippen molar-refractivity contribution in [3.05, 3.63) is 171 Å².